The molecular formula is C23H20Cl2FN5O2. The van der Waals surface area contributed by atoms with E-state index in [1.807, 2.05) is 26.8 Å². The summed E-state index contributed by atoms with van der Waals surface area (Å²) in [4.78, 5) is 24.9. The lowest BCUT2D eigenvalue weighted by molar-refractivity contribution is 0.102. The maximum absolute atomic E-state index is 13.5. The zero-order valence-electron chi connectivity index (χ0n) is 18.0. The summed E-state index contributed by atoms with van der Waals surface area (Å²) in [6, 6.07) is 9.31. The monoisotopic (exact) mass is 487 g/mol. The summed E-state index contributed by atoms with van der Waals surface area (Å²) < 4.78 is 19.2. The lowest BCUT2D eigenvalue weighted by atomic mass is 10.1. The second-order valence-electron chi connectivity index (χ2n) is 7.38. The van der Waals surface area contributed by atoms with E-state index in [2.05, 4.69) is 25.6 Å². The molecule has 0 aliphatic rings. The van der Waals surface area contributed by atoms with Crippen LogP contribution in [0.3, 0.4) is 0 Å². The van der Waals surface area contributed by atoms with Crippen molar-refractivity contribution in [3.05, 3.63) is 69.1 Å². The van der Waals surface area contributed by atoms with Crippen molar-refractivity contribution in [1.29, 1.82) is 0 Å². The number of hydrogen-bond donors (Lipinski definition) is 3. The van der Waals surface area contributed by atoms with Crippen molar-refractivity contribution in [3.63, 3.8) is 0 Å². The second-order valence-corrected chi connectivity index (χ2v) is 8.19. The molecule has 0 unspecified atom stereocenters. The van der Waals surface area contributed by atoms with Crippen LogP contribution in [0.15, 0.2) is 36.4 Å². The van der Waals surface area contributed by atoms with Crippen molar-refractivity contribution < 1.29 is 13.9 Å². The molecule has 0 saturated heterocycles. The van der Waals surface area contributed by atoms with Crippen molar-refractivity contribution in [2.45, 2.75) is 20.8 Å². The van der Waals surface area contributed by atoms with Crippen LogP contribution in [0, 0.1) is 19.7 Å². The number of anilines is 3. The normalized spacial score (nSPS) is 11.0. The van der Waals surface area contributed by atoms with Crippen LogP contribution in [-0.4, -0.2) is 27.5 Å². The molecule has 0 aliphatic heterocycles. The van der Waals surface area contributed by atoms with Crippen molar-refractivity contribution >= 4 is 57.6 Å². The standard InChI is InChI=1S/C23H20Cl2FN5O2/c1-4-33-19-10-18-17(9-14(19)22(32)30-20-6-11(2)5-12(3)27-20)28-23(29-18)31-21-15(24)7-13(26)8-16(21)25/h5-10H,4H2,1-3H3,(H,27,30,32)(H2,28,29,31). The van der Waals surface area contributed by atoms with E-state index < -0.39 is 5.82 Å². The number of nitrogens with one attached hydrogen (secondary N) is 3. The van der Waals surface area contributed by atoms with Gasteiger partial charge >= 0.3 is 0 Å². The van der Waals surface area contributed by atoms with E-state index in [0.29, 0.717) is 46.4 Å². The van der Waals surface area contributed by atoms with Crippen LogP contribution in [0.4, 0.5) is 21.8 Å². The van der Waals surface area contributed by atoms with Gasteiger partial charge in [-0.1, -0.05) is 23.2 Å². The smallest absolute Gasteiger partial charge is 0.260 e. The molecule has 0 atom stereocenters. The number of carbonyl (C=O) groups excluding carboxylic acids is 1. The summed E-state index contributed by atoms with van der Waals surface area (Å²) >= 11 is 12.2. The molecule has 0 bridgehead atoms. The summed E-state index contributed by atoms with van der Waals surface area (Å²) in [5, 5.41) is 5.99. The Bertz CT molecular complexity index is 1330. The van der Waals surface area contributed by atoms with Gasteiger partial charge in [-0.05, 0) is 56.7 Å². The van der Waals surface area contributed by atoms with Gasteiger partial charge in [0.25, 0.3) is 5.91 Å². The first kappa shape index (κ1) is 22.8. The topological polar surface area (TPSA) is 91.9 Å². The minimum Gasteiger partial charge on any atom is -0.493 e. The predicted molar refractivity (Wildman–Crippen MR) is 129 cm³/mol. The number of ether oxygens (including phenoxy) is 1. The number of carbonyl (C=O) groups is 1. The molecule has 1 amide bonds. The molecule has 170 valence electrons. The molecule has 0 fully saturated rings. The molecule has 3 N–H and O–H groups in total. The summed E-state index contributed by atoms with van der Waals surface area (Å²) in [7, 11) is 0. The van der Waals surface area contributed by atoms with Gasteiger partial charge in [0.2, 0.25) is 5.95 Å². The Balaban J connectivity index is 1.69. The predicted octanol–water partition coefficient (Wildman–Crippen LogP) is 6.42. The molecule has 4 rings (SSSR count). The van der Waals surface area contributed by atoms with Gasteiger partial charge in [-0.3, -0.25) is 4.79 Å². The van der Waals surface area contributed by atoms with Crippen molar-refractivity contribution in [3.8, 4) is 5.75 Å². The largest absolute Gasteiger partial charge is 0.493 e. The highest BCUT2D eigenvalue weighted by Crippen LogP contribution is 2.34. The highest BCUT2D eigenvalue weighted by Gasteiger charge is 2.18. The molecule has 0 spiro atoms. The van der Waals surface area contributed by atoms with Crippen LogP contribution in [0.25, 0.3) is 11.0 Å². The fourth-order valence-electron chi connectivity index (χ4n) is 3.42. The molecule has 0 saturated carbocycles. The Hall–Kier alpha value is -3.36. The van der Waals surface area contributed by atoms with E-state index in [1.54, 1.807) is 18.2 Å². The number of halogens is 3. The minimum atomic E-state index is -0.546. The number of aromatic nitrogens is 3. The van der Waals surface area contributed by atoms with E-state index in [-0.39, 0.29) is 16.0 Å². The summed E-state index contributed by atoms with van der Waals surface area (Å²) in [5.74, 6) is 0.233. The number of imidazole rings is 1. The quantitative estimate of drug-likeness (QED) is 0.292. The van der Waals surface area contributed by atoms with E-state index in [0.717, 1.165) is 23.4 Å². The molecule has 2 aromatic carbocycles. The number of aromatic amines is 1. The van der Waals surface area contributed by atoms with Crippen LogP contribution in [-0.2, 0) is 0 Å². The third-order valence-corrected chi connectivity index (χ3v) is 5.31. The number of rotatable bonds is 6. The van der Waals surface area contributed by atoms with E-state index in [1.165, 1.54) is 0 Å². The number of hydrogen-bond acceptors (Lipinski definition) is 5. The Morgan fingerprint density at radius 3 is 2.48 bits per heavy atom. The zero-order valence-corrected chi connectivity index (χ0v) is 19.5. The molecule has 10 heteroatoms. The fourth-order valence-corrected chi connectivity index (χ4v) is 3.97. The molecule has 2 heterocycles. The van der Waals surface area contributed by atoms with Crippen molar-refractivity contribution in [1.82, 2.24) is 15.0 Å². The Labute approximate surface area is 199 Å². The number of fused-ring (bicyclic) bond motifs is 1. The number of H-pyrrole nitrogens is 1. The molecule has 0 aliphatic carbocycles. The number of amides is 1. The zero-order chi connectivity index (χ0) is 23.7. The van der Waals surface area contributed by atoms with E-state index in [4.69, 9.17) is 27.9 Å². The van der Waals surface area contributed by atoms with E-state index >= 15 is 0 Å². The van der Waals surface area contributed by atoms with Gasteiger partial charge in [-0.25, -0.2) is 14.4 Å². The summed E-state index contributed by atoms with van der Waals surface area (Å²) in [6.07, 6.45) is 0. The van der Waals surface area contributed by atoms with Gasteiger partial charge < -0.3 is 20.4 Å². The molecular weight excluding hydrogens is 468 g/mol. The van der Waals surface area contributed by atoms with Gasteiger partial charge in [0.05, 0.1) is 38.9 Å². The summed E-state index contributed by atoms with van der Waals surface area (Å²) in [5.41, 5.74) is 3.53. The third-order valence-electron chi connectivity index (χ3n) is 4.72. The number of nitrogens with zero attached hydrogens (tertiary/aromatic N) is 2. The van der Waals surface area contributed by atoms with Crippen LogP contribution in [0.2, 0.25) is 10.0 Å². The Morgan fingerprint density at radius 2 is 1.82 bits per heavy atom. The van der Waals surface area contributed by atoms with Crippen LogP contribution in [0.1, 0.15) is 28.5 Å². The molecule has 0 radical (unpaired) electrons. The number of benzene rings is 2. The average Bonchev–Trinajstić information content (AvgIpc) is 3.11. The number of pyridine rings is 1. The lowest BCUT2D eigenvalue weighted by Gasteiger charge is -2.11. The van der Waals surface area contributed by atoms with Crippen molar-refractivity contribution in [2.24, 2.45) is 0 Å². The molecule has 33 heavy (non-hydrogen) atoms. The first-order valence-electron chi connectivity index (χ1n) is 10.1. The van der Waals surface area contributed by atoms with Crippen LogP contribution >= 0.6 is 23.2 Å². The van der Waals surface area contributed by atoms with Gasteiger partial charge in [-0.2, -0.15) is 0 Å². The highest BCUT2D eigenvalue weighted by molar-refractivity contribution is 6.39. The fraction of sp³-hybridized carbons (Fsp3) is 0.174. The highest BCUT2D eigenvalue weighted by atomic mass is 35.5. The van der Waals surface area contributed by atoms with Crippen LogP contribution < -0.4 is 15.4 Å². The average molecular weight is 488 g/mol. The number of aryl methyl sites for hydroxylation is 2. The van der Waals surface area contributed by atoms with E-state index in [9.17, 15) is 9.18 Å². The first-order chi connectivity index (χ1) is 15.7. The molecule has 4 aromatic rings. The molecule has 7 nitrogen and oxygen atoms in total. The Morgan fingerprint density at radius 1 is 1.09 bits per heavy atom. The maximum atomic E-state index is 13.5. The first-order valence-corrected chi connectivity index (χ1v) is 10.8. The van der Waals surface area contributed by atoms with Gasteiger partial charge in [0.1, 0.15) is 17.4 Å². The maximum Gasteiger partial charge on any atom is 0.260 e. The van der Waals surface area contributed by atoms with Gasteiger partial charge in [-0.15, -0.1) is 0 Å². The summed E-state index contributed by atoms with van der Waals surface area (Å²) in [6.45, 7) is 5.99. The van der Waals surface area contributed by atoms with Gasteiger partial charge in [0, 0.05) is 11.8 Å². The lowest BCUT2D eigenvalue weighted by Crippen LogP contribution is -2.15. The third kappa shape index (κ3) is 5.02. The second kappa shape index (κ2) is 9.25. The minimum absolute atomic E-state index is 0.108. The Kier molecular flexibility index (Phi) is 6.40. The SMILES string of the molecule is CCOc1cc2[nH]c(Nc3c(Cl)cc(F)cc3Cl)nc2cc1C(=O)Nc1cc(C)cc(C)n1. The van der Waals surface area contributed by atoms with Gasteiger partial charge in [0.15, 0.2) is 0 Å². The van der Waals surface area contributed by atoms with Crippen molar-refractivity contribution in [2.75, 3.05) is 17.2 Å². The molecule has 2 aromatic heterocycles. The van der Waals surface area contributed by atoms with Crippen LogP contribution in [0.5, 0.6) is 5.75 Å².